The summed E-state index contributed by atoms with van der Waals surface area (Å²) in [5.41, 5.74) is 5.41. The predicted molar refractivity (Wildman–Crippen MR) is 110 cm³/mol. The zero-order chi connectivity index (χ0) is 19.7. The number of hydrogen-bond donors (Lipinski definition) is 2. The Hall–Kier alpha value is -2.80. The molecule has 0 aliphatic carbocycles. The molecule has 146 valence electrons. The van der Waals surface area contributed by atoms with Crippen LogP contribution in [0.4, 0.5) is 5.82 Å². The molecular weight excluding hydrogens is 350 g/mol. The summed E-state index contributed by atoms with van der Waals surface area (Å²) in [5, 5.41) is 11.1. The Bertz CT molecular complexity index is 957. The van der Waals surface area contributed by atoms with Crippen molar-refractivity contribution in [2.24, 2.45) is 0 Å². The Morgan fingerprint density at radius 2 is 2.07 bits per heavy atom. The van der Waals surface area contributed by atoms with Gasteiger partial charge in [0.1, 0.15) is 5.82 Å². The van der Waals surface area contributed by atoms with Crippen LogP contribution in [-0.2, 0) is 24.9 Å². The lowest BCUT2D eigenvalue weighted by atomic mass is 9.92. The number of nitrogens with zero attached hydrogens (tertiary/aromatic N) is 5. The zero-order valence-electron chi connectivity index (χ0n) is 17.0. The molecule has 7 heteroatoms. The maximum atomic E-state index is 4.92. The van der Waals surface area contributed by atoms with Gasteiger partial charge < -0.3 is 10.2 Å². The fourth-order valence-electron chi connectivity index (χ4n) is 3.44. The molecule has 28 heavy (non-hydrogen) atoms. The number of hydrogen-bond acceptors (Lipinski definition) is 6. The van der Waals surface area contributed by atoms with Gasteiger partial charge >= 0.3 is 0 Å². The number of aromatic amines is 1. The largest absolute Gasteiger partial charge is 0.353 e. The van der Waals surface area contributed by atoms with E-state index in [4.69, 9.17) is 9.97 Å². The van der Waals surface area contributed by atoms with Gasteiger partial charge in [-0.25, -0.2) is 9.97 Å². The number of aromatic nitrogens is 5. The van der Waals surface area contributed by atoms with Crippen LogP contribution in [0.25, 0.3) is 11.4 Å². The van der Waals surface area contributed by atoms with E-state index in [9.17, 15) is 0 Å². The van der Waals surface area contributed by atoms with Crippen LogP contribution in [-0.4, -0.2) is 38.7 Å². The average molecular weight is 377 g/mol. The van der Waals surface area contributed by atoms with E-state index < -0.39 is 0 Å². The topological polar surface area (TPSA) is 82.6 Å². The molecule has 1 aliphatic rings. The van der Waals surface area contributed by atoms with Crippen LogP contribution >= 0.6 is 0 Å². The lowest BCUT2D eigenvalue weighted by Gasteiger charge is -2.25. The fraction of sp³-hybridized carbons (Fsp3) is 0.429. The van der Waals surface area contributed by atoms with Crippen LogP contribution < -0.4 is 10.2 Å². The number of anilines is 1. The van der Waals surface area contributed by atoms with Gasteiger partial charge in [0.05, 0.1) is 23.6 Å². The highest BCUT2D eigenvalue weighted by molar-refractivity contribution is 5.60. The first kappa shape index (κ1) is 18.6. The third-order valence-electron chi connectivity index (χ3n) is 5.00. The first-order valence-electron chi connectivity index (χ1n) is 9.68. The van der Waals surface area contributed by atoms with Crippen LogP contribution in [0.5, 0.6) is 0 Å². The molecule has 3 aromatic heterocycles. The van der Waals surface area contributed by atoms with Crippen molar-refractivity contribution in [2.75, 3.05) is 18.5 Å². The van der Waals surface area contributed by atoms with Crippen LogP contribution in [0.2, 0.25) is 0 Å². The zero-order valence-corrected chi connectivity index (χ0v) is 17.0. The maximum Gasteiger partial charge on any atom is 0.163 e. The van der Waals surface area contributed by atoms with E-state index in [0.29, 0.717) is 6.54 Å². The Morgan fingerprint density at radius 3 is 2.79 bits per heavy atom. The van der Waals surface area contributed by atoms with E-state index in [1.54, 1.807) is 6.20 Å². The van der Waals surface area contributed by atoms with Gasteiger partial charge in [-0.2, -0.15) is 5.10 Å². The second-order valence-corrected chi connectivity index (χ2v) is 8.35. The van der Waals surface area contributed by atoms with E-state index in [0.717, 1.165) is 53.8 Å². The molecule has 0 fully saturated rings. The molecule has 0 spiro atoms. The van der Waals surface area contributed by atoms with E-state index in [2.05, 4.69) is 59.3 Å². The second kappa shape index (κ2) is 7.31. The summed E-state index contributed by atoms with van der Waals surface area (Å²) in [4.78, 5) is 16.1. The average Bonchev–Trinajstić information content (AvgIpc) is 3.17. The molecule has 0 amide bonds. The summed E-state index contributed by atoms with van der Waals surface area (Å²) in [7, 11) is 2.08. The van der Waals surface area contributed by atoms with Crippen molar-refractivity contribution in [2.45, 2.75) is 45.7 Å². The molecule has 0 aromatic carbocycles. The van der Waals surface area contributed by atoms with Crippen molar-refractivity contribution >= 4 is 5.82 Å². The molecule has 0 bridgehead atoms. The number of nitrogens with one attached hydrogen (secondary N) is 2. The van der Waals surface area contributed by atoms with Gasteiger partial charge in [-0.15, -0.1) is 0 Å². The van der Waals surface area contributed by atoms with Crippen LogP contribution in [0.1, 0.15) is 43.4 Å². The van der Waals surface area contributed by atoms with Gasteiger partial charge in [0, 0.05) is 42.5 Å². The van der Waals surface area contributed by atoms with Crippen LogP contribution in [0.15, 0.2) is 30.6 Å². The third-order valence-corrected chi connectivity index (χ3v) is 5.00. The van der Waals surface area contributed by atoms with Crippen LogP contribution in [0.3, 0.4) is 0 Å². The third kappa shape index (κ3) is 3.75. The van der Waals surface area contributed by atoms with Crippen molar-refractivity contribution in [3.05, 3.63) is 53.2 Å². The van der Waals surface area contributed by atoms with E-state index in [1.165, 1.54) is 5.56 Å². The smallest absolute Gasteiger partial charge is 0.163 e. The number of H-pyrrole nitrogens is 1. The van der Waals surface area contributed by atoms with Crippen molar-refractivity contribution in [3.8, 4) is 11.4 Å². The summed E-state index contributed by atoms with van der Waals surface area (Å²) in [6.45, 7) is 8.94. The van der Waals surface area contributed by atoms with Gasteiger partial charge in [0.2, 0.25) is 0 Å². The Balaban J connectivity index is 1.68. The molecule has 1 aliphatic heterocycles. The summed E-state index contributed by atoms with van der Waals surface area (Å²) in [5.74, 6) is 1.70. The molecular formula is C21H27N7. The van der Waals surface area contributed by atoms with Gasteiger partial charge in [0.15, 0.2) is 5.82 Å². The van der Waals surface area contributed by atoms with Gasteiger partial charge in [-0.3, -0.25) is 10.1 Å². The number of pyridine rings is 1. The molecule has 3 aromatic rings. The number of rotatable bonds is 4. The molecule has 4 heterocycles. The first-order valence-corrected chi connectivity index (χ1v) is 9.68. The van der Waals surface area contributed by atoms with Crippen molar-refractivity contribution in [3.63, 3.8) is 0 Å². The van der Waals surface area contributed by atoms with Crippen molar-refractivity contribution < 1.29 is 0 Å². The molecule has 0 saturated heterocycles. The fourth-order valence-corrected chi connectivity index (χ4v) is 3.44. The summed E-state index contributed by atoms with van der Waals surface area (Å²) in [6, 6.07) is 6.06. The standard InChI is InChI=1S/C21H27N7/c1-21(2,3)18-10-15(26-27-18)13-28(4)20-16-7-9-23-12-17(16)24-19(25-20)14-6-5-8-22-11-14/h5-6,8,10-11,23H,7,9,12-13H2,1-4H3,(H,26,27). The highest BCUT2D eigenvalue weighted by Gasteiger charge is 2.22. The minimum absolute atomic E-state index is 0.0283. The molecule has 0 saturated carbocycles. The minimum atomic E-state index is 0.0283. The minimum Gasteiger partial charge on any atom is -0.353 e. The quantitative estimate of drug-likeness (QED) is 0.727. The lowest BCUT2D eigenvalue weighted by Crippen LogP contribution is -2.29. The van der Waals surface area contributed by atoms with Gasteiger partial charge in [-0.1, -0.05) is 20.8 Å². The monoisotopic (exact) mass is 377 g/mol. The Morgan fingerprint density at radius 1 is 1.21 bits per heavy atom. The molecule has 4 rings (SSSR count). The van der Waals surface area contributed by atoms with Crippen molar-refractivity contribution in [1.82, 2.24) is 30.5 Å². The predicted octanol–water partition coefficient (Wildman–Crippen LogP) is 2.84. The molecule has 7 nitrogen and oxygen atoms in total. The maximum absolute atomic E-state index is 4.92. The summed E-state index contributed by atoms with van der Waals surface area (Å²) >= 11 is 0. The highest BCUT2D eigenvalue weighted by atomic mass is 15.2. The Labute approximate surface area is 165 Å². The van der Waals surface area contributed by atoms with Crippen LogP contribution in [0, 0.1) is 0 Å². The number of fused-ring (bicyclic) bond motifs is 1. The second-order valence-electron chi connectivity index (χ2n) is 8.35. The van der Waals surface area contributed by atoms with E-state index in [1.807, 2.05) is 18.3 Å². The molecule has 0 unspecified atom stereocenters. The van der Waals surface area contributed by atoms with Gasteiger partial charge in [0.25, 0.3) is 0 Å². The van der Waals surface area contributed by atoms with E-state index >= 15 is 0 Å². The molecule has 0 radical (unpaired) electrons. The van der Waals surface area contributed by atoms with Crippen molar-refractivity contribution in [1.29, 1.82) is 0 Å². The highest BCUT2D eigenvalue weighted by Crippen LogP contribution is 2.28. The van der Waals surface area contributed by atoms with Gasteiger partial charge in [-0.05, 0) is 31.2 Å². The Kier molecular flexibility index (Phi) is 4.85. The van der Waals surface area contributed by atoms with E-state index in [-0.39, 0.29) is 5.41 Å². The SMILES string of the molecule is CN(Cc1cc(C(C)(C)C)n[nH]1)c1nc(-c2cccnc2)nc2c1CCNC2. The molecule has 0 atom stereocenters. The molecule has 2 N–H and O–H groups in total. The first-order chi connectivity index (χ1) is 13.4. The normalized spacial score (nSPS) is 14.0. The summed E-state index contributed by atoms with van der Waals surface area (Å²) < 4.78 is 0. The lowest BCUT2D eigenvalue weighted by molar-refractivity contribution is 0.567. The summed E-state index contributed by atoms with van der Waals surface area (Å²) in [6.07, 6.45) is 4.51.